The maximum Gasteiger partial charge on any atom is 0.342 e. The van der Waals surface area contributed by atoms with Gasteiger partial charge in [-0.05, 0) is 51.1 Å². The van der Waals surface area contributed by atoms with Gasteiger partial charge in [-0.1, -0.05) is 0 Å². The summed E-state index contributed by atoms with van der Waals surface area (Å²) in [6, 6.07) is 8.01. The number of ether oxygens (including phenoxy) is 1. The van der Waals surface area contributed by atoms with E-state index in [2.05, 4.69) is 5.32 Å². The van der Waals surface area contributed by atoms with Gasteiger partial charge in [-0.15, -0.1) is 0 Å². The Morgan fingerprint density at radius 2 is 1.78 bits per heavy atom. The predicted molar refractivity (Wildman–Crippen MR) is 83.5 cm³/mol. The van der Waals surface area contributed by atoms with Crippen LogP contribution in [0.1, 0.15) is 39.2 Å². The van der Waals surface area contributed by atoms with E-state index in [1.165, 1.54) is 6.92 Å². The predicted octanol–water partition coefficient (Wildman–Crippen LogP) is 2.89. The Morgan fingerprint density at radius 3 is 2.30 bits per heavy atom. The summed E-state index contributed by atoms with van der Waals surface area (Å²) in [7, 11) is 0. The highest BCUT2D eigenvalue weighted by Crippen LogP contribution is 2.15. The van der Waals surface area contributed by atoms with E-state index in [4.69, 9.17) is 9.15 Å². The fraction of sp³-hybridized carbons (Fsp3) is 0.235. The van der Waals surface area contributed by atoms with Crippen LogP contribution in [-0.4, -0.2) is 24.3 Å². The Bertz CT molecular complexity index is 743. The molecular formula is C17H17NO5. The summed E-state index contributed by atoms with van der Waals surface area (Å²) in [4.78, 5) is 34.8. The van der Waals surface area contributed by atoms with E-state index >= 15 is 0 Å². The summed E-state index contributed by atoms with van der Waals surface area (Å²) in [5, 5.41) is 2.58. The molecule has 0 atom stereocenters. The zero-order chi connectivity index (χ0) is 17.0. The number of esters is 1. The van der Waals surface area contributed by atoms with Crippen LogP contribution >= 0.6 is 0 Å². The molecule has 120 valence electrons. The average molecular weight is 315 g/mol. The van der Waals surface area contributed by atoms with E-state index in [0.717, 1.165) is 0 Å². The summed E-state index contributed by atoms with van der Waals surface area (Å²) in [6.45, 7) is 4.44. The number of hydrogen-bond acceptors (Lipinski definition) is 5. The maximum absolute atomic E-state index is 11.9. The lowest BCUT2D eigenvalue weighted by molar-refractivity contribution is -0.119. The third-order valence-electron chi connectivity index (χ3n) is 3.17. The molecule has 2 rings (SSSR count). The van der Waals surface area contributed by atoms with Crippen molar-refractivity contribution in [3.8, 4) is 0 Å². The van der Waals surface area contributed by atoms with Crippen molar-refractivity contribution in [2.75, 3.05) is 11.9 Å². The fourth-order valence-electron chi connectivity index (χ4n) is 2.03. The first-order chi connectivity index (χ1) is 10.9. The van der Waals surface area contributed by atoms with Crippen LogP contribution in [0, 0.1) is 13.8 Å². The molecule has 6 nitrogen and oxygen atoms in total. The Balaban J connectivity index is 1.88. The summed E-state index contributed by atoms with van der Waals surface area (Å²) in [5.41, 5.74) is 1.38. The van der Waals surface area contributed by atoms with Crippen molar-refractivity contribution in [2.24, 2.45) is 0 Å². The van der Waals surface area contributed by atoms with Crippen LogP contribution < -0.4 is 5.32 Å². The number of hydrogen-bond donors (Lipinski definition) is 1. The van der Waals surface area contributed by atoms with Crippen molar-refractivity contribution in [2.45, 2.75) is 20.8 Å². The van der Waals surface area contributed by atoms with Crippen LogP contribution in [0.3, 0.4) is 0 Å². The van der Waals surface area contributed by atoms with Crippen molar-refractivity contribution in [1.82, 2.24) is 0 Å². The van der Waals surface area contributed by atoms with Crippen molar-refractivity contribution < 1.29 is 23.5 Å². The topological polar surface area (TPSA) is 85.6 Å². The van der Waals surface area contributed by atoms with Crippen molar-refractivity contribution in [1.29, 1.82) is 0 Å². The van der Waals surface area contributed by atoms with E-state index in [1.54, 1.807) is 44.2 Å². The lowest BCUT2D eigenvalue weighted by atomic mass is 10.1. The fourth-order valence-corrected chi connectivity index (χ4v) is 2.03. The minimum Gasteiger partial charge on any atom is -0.466 e. The van der Waals surface area contributed by atoms with E-state index in [9.17, 15) is 14.4 Å². The van der Waals surface area contributed by atoms with Gasteiger partial charge in [0.15, 0.2) is 12.4 Å². The van der Waals surface area contributed by atoms with Crippen LogP contribution in [-0.2, 0) is 9.53 Å². The Hall–Kier alpha value is -2.89. The minimum absolute atomic E-state index is 0.0532. The van der Waals surface area contributed by atoms with Gasteiger partial charge < -0.3 is 14.5 Å². The normalized spacial score (nSPS) is 10.2. The van der Waals surface area contributed by atoms with Crippen LogP contribution in [0.25, 0.3) is 0 Å². The van der Waals surface area contributed by atoms with Crippen LogP contribution in [0.5, 0.6) is 0 Å². The number of amides is 1. The Kier molecular flexibility index (Phi) is 4.95. The Labute approximate surface area is 133 Å². The standard InChI is InChI=1S/C17H17NO5/c1-10-8-15(12(3)23-10)17(21)22-9-16(20)18-14-6-4-13(5-7-14)11(2)19/h4-8H,9H2,1-3H3,(H,18,20). The number of aryl methyl sites for hydroxylation is 2. The molecule has 6 heteroatoms. The van der Waals surface area contributed by atoms with Gasteiger partial charge in [-0.25, -0.2) is 4.79 Å². The molecule has 0 aliphatic carbocycles. The SMILES string of the molecule is CC(=O)c1ccc(NC(=O)COC(=O)c2cc(C)oc2C)cc1. The number of benzene rings is 1. The summed E-state index contributed by atoms with van der Waals surface area (Å²) in [6.07, 6.45) is 0. The molecule has 0 aliphatic rings. The molecule has 0 bridgehead atoms. The number of nitrogens with one attached hydrogen (secondary N) is 1. The number of rotatable bonds is 5. The van der Waals surface area contributed by atoms with Crippen LogP contribution in [0.2, 0.25) is 0 Å². The molecule has 1 amide bonds. The number of anilines is 1. The summed E-state index contributed by atoms with van der Waals surface area (Å²) >= 11 is 0. The third kappa shape index (κ3) is 4.29. The molecular weight excluding hydrogens is 298 g/mol. The molecule has 1 aromatic heterocycles. The molecule has 1 heterocycles. The first-order valence-corrected chi connectivity index (χ1v) is 7.02. The van der Waals surface area contributed by atoms with E-state index in [-0.39, 0.29) is 5.78 Å². The van der Waals surface area contributed by atoms with Crippen molar-refractivity contribution in [3.63, 3.8) is 0 Å². The van der Waals surface area contributed by atoms with Gasteiger partial charge in [0.1, 0.15) is 17.1 Å². The molecule has 0 aliphatic heterocycles. The van der Waals surface area contributed by atoms with Gasteiger partial charge in [0.25, 0.3) is 5.91 Å². The summed E-state index contributed by atoms with van der Waals surface area (Å²) in [5.74, 6) is -0.0759. The molecule has 23 heavy (non-hydrogen) atoms. The quantitative estimate of drug-likeness (QED) is 0.677. The zero-order valence-electron chi connectivity index (χ0n) is 13.1. The van der Waals surface area contributed by atoms with Gasteiger partial charge in [0.05, 0.1) is 0 Å². The number of furan rings is 1. The van der Waals surface area contributed by atoms with E-state index in [0.29, 0.717) is 28.3 Å². The molecule has 1 aromatic carbocycles. The lowest BCUT2D eigenvalue weighted by Gasteiger charge is -2.06. The van der Waals surface area contributed by atoms with E-state index in [1.807, 2.05) is 0 Å². The largest absolute Gasteiger partial charge is 0.466 e. The second-order valence-corrected chi connectivity index (χ2v) is 5.08. The molecule has 0 unspecified atom stereocenters. The molecule has 0 saturated carbocycles. The second kappa shape index (κ2) is 6.91. The smallest absolute Gasteiger partial charge is 0.342 e. The molecule has 0 saturated heterocycles. The van der Waals surface area contributed by atoms with Gasteiger partial charge in [-0.3, -0.25) is 9.59 Å². The number of Topliss-reactive ketones (excluding diaryl/α,β-unsaturated/α-hetero) is 1. The molecule has 0 spiro atoms. The first kappa shape index (κ1) is 16.5. The second-order valence-electron chi connectivity index (χ2n) is 5.08. The highest BCUT2D eigenvalue weighted by atomic mass is 16.5. The maximum atomic E-state index is 11.9. The van der Waals surface area contributed by atoms with Crippen LogP contribution in [0.4, 0.5) is 5.69 Å². The number of carbonyl (C=O) groups is 3. The van der Waals surface area contributed by atoms with E-state index < -0.39 is 18.5 Å². The van der Waals surface area contributed by atoms with Gasteiger partial charge in [-0.2, -0.15) is 0 Å². The highest BCUT2D eigenvalue weighted by molar-refractivity contribution is 5.97. The monoisotopic (exact) mass is 315 g/mol. The molecule has 0 fully saturated rings. The summed E-state index contributed by atoms with van der Waals surface area (Å²) < 4.78 is 10.2. The van der Waals surface area contributed by atoms with Gasteiger partial charge in [0.2, 0.25) is 0 Å². The molecule has 2 aromatic rings. The highest BCUT2D eigenvalue weighted by Gasteiger charge is 2.16. The zero-order valence-corrected chi connectivity index (χ0v) is 13.1. The lowest BCUT2D eigenvalue weighted by Crippen LogP contribution is -2.21. The number of carbonyl (C=O) groups excluding carboxylic acids is 3. The van der Waals surface area contributed by atoms with Gasteiger partial charge >= 0.3 is 5.97 Å². The molecule has 0 radical (unpaired) electrons. The third-order valence-corrected chi connectivity index (χ3v) is 3.17. The number of ketones is 1. The molecule has 1 N–H and O–H groups in total. The van der Waals surface area contributed by atoms with Crippen molar-refractivity contribution >= 4 is 23.3 Å². The van der Waals surface area contributed by atoms with Crippen molar-refractivity contribution in [3.05, 3.63) is 53.0 Å². The minimum atomic E-state index is -0.610. The average Bonchev–Trinajstić information content (AvgIpc) is 2.84. The van der Waals surface area contributed by atoms with Gasteiger partial charge in [0, 0.05) is 11.3 Å². The van der Waals surface area contributed by atoms with Crippen LogP contribution in [0.15, 0.2) is 34.7 Å². The first-order valence-electron chi connectivity index (χ1n) is 7.02. The Morgan fingerprint density at radius 1 is 1.13 bits per heavy atom.